The summed E-state index contributed by atoms with van der Waals surface area (Å²) in [5.74, 6) is 0. The highest BCUT2D eigenvalue weighted by molar-refractivity contribution is 6.30. The zero-order chi connectivity index (χ0) is 15.4. The van der Waals surface area contributed by atoms with E-state index in [1.807, 2.05) is 13.0 Å². The predicted octanol–water partition coefficient (Wildman–Crippen LogP) is 3.15. The Morgan fingerprint density at radius 3 is 2.90 bits per heavy atom. The number of nitrogens with zero attached hydrogens (tertiary/aromatic N) is 2. The first kappa shape index (κ1) is 16.6. The molecule has 0 amide bonds. The van der Waals surface area contributed by atoms with Crippen LogP contribution in [-0.2, 0) is 6.42 Å². The highest BCUT2D eigenvalue weighted by Crippen LogP contribution is 2.27. The molecule has 2 atom stereocenters. The van der Waals surface area contributed by atoms with Gasteiger partial charge in [-0.3, -0.25) is 4.90 Å². The molecule has 1 saturated heterocycles. The molecule has 2 N–H and O–H groups in total. The van der Waals surface area contributed by atoms with E-state index in [0.29, 0.717) is 6.04 Å². The van der Waals surface area contributed by atoms with Crippen molar-refractivity contribution < 1.29 is 0 Å². The molecule has 1 aliphatic heterocycles. The summed E-state index contributed by atoms with van der Waals surface area (Å²) >= 11 is 6.20. The van der Waals surface area contributed by atoms with Crippen LogP contribution in [0, 0.1) is 0 Å². The fourth-order valence-corrected chi connectivity index (χ4v) is 3.51. The third-order valence-electron chi connectivity index (χ3n) is 4.39. The molecule has 3 nitrogen and oxygen atoms in total. The Labute approximate surface area is 134 Å². The first-order valence-corrected chi connectivity index (χ1v) is 8.38. The second-order valence-electron chi connectivity index (χ2n) is 6.26. The highest BCUT2D eigenvalue weighted by Gasteiger charge is 2.24. The van der Waals surface area contributed by atoms with Gasteiger partial charge in [0.1, 0.15) is 0 Å². The topological polar surface area (TPSA) is 32.5 Å². The minimum absolute atomic E-state index is 0.164. The maximum Gasteiger partial charge on any atom is 0.0426 e. The summed E-state index contributed by atoms with van der Waals surface area (Å²) in [6.07, 6.45) is 3.49. The van der Waals surface area contributed by atoms with Crippen LogP contribution in [-0.4, -0.2) is 43.7 Å². The molecule has 1 fully saturated rings. The first-order chi connectivity index (χ1) is 10.0. The van der Waals surface area contributed by atoms with Gasteiger partial charge in [-0.15, -0.1) is 0 Å². The summed E-state index contributed by atoms with van der Waals surface area (Å²) in [5, 5.41) is 0.795. The lowest BCUT2D eigenvalue weighted by Gasteiger charge is -2.30. The normalized spacial score (nSPS) is 20.7. The van der Waals surface area contributed by atoms with Crippen LogP contribution in [0.2, 0.25) is 5.02 Å². The number of nitrogens with two attached hydrogens (primary N) is 1. The SMILES string of the molecule is CCN1CCCC1CN(C)c1cc(Cl)ccc1CC(C)N. The van der Waals surface area contributed by atoms with E-state index in [9.17, 15) is 0 Å². The molecular formula is C17H28ClN3. The lowest BCUT2D eigenvalue weighted by molar-refractivity contribution is 0.270. The number of anilines is 1. The molecule has 2 rings (SSSR count). The summed E-state index contributed by atoms with van der Waals surface area (Å²) in [7, 11) is 2.17. The smallest absolute Gasteiger partial charge is 0.0426 e. The molecule has 1 aromatic carbocycles. The van der Waals surface area contributed by atoms with Gasteiger partial charge < -0.3 is 10.6 Å². The Kier molecular flexibility index (Phi) is 5.91. The third kappa shape index (κ3) is 4.35. The van der Waals surface area contributed by atoms with Crippen molar-refractivity contribution in [3.8, 4) is 0 Å². The largest absolute Gasteiger partial charge is 0.373 e. The Balaban J connectivity index is 2.13. The van der Waals surface area contributed by atoms with Crippen molar-refractivity contribution in [2.24, 2.45) is 5.73 Å². The lowest BCUT2D eigenvalue weighted by Crippen LogP contribution is -2.39. The average Bonchev–Trinajstić information content (AvgIpc) is 2.87. The van der Waals surface area contributed by atoms with E-state index in [1.54, 1.807) is 0 Å². The van der Waals surface area contributed by atoms with Gasteiger partial charge >= 0.3 is 0 Å². The number of rotatable bonds is 6. The van der Waals surface area contributed by atoms with Crippen LogP contribution in [0.4, 0.5) is 5.69 Å². The molecule has 1 heterocycles. The third-order valence-corrected chi connectivity index (χ3v) is 4.63. The number of hydrogen-bond donors (Lipinski definition) is 1. The van der Waals surface area contributed by atoms with Crippen molar-refractivity contribution in [2.45, 2.75) is 45.2 Å². The summed E-state index contributed by atoms with van der Waals surface area (Å²) in [6, 6.07) is 6.97. The number of benzene rings is 1. The van der Waals surface area contributed by atoms with Crippen molar-refractivity contribution in [1.29, 1.82) is 0 Å². The molecule has 0 aliphatic carbocycles. The van der Waals surface area contributed by atoms with Crippen molar-refractivity contribution in [3.05, 3.63) is 28.8 Å². The summed E-state index contributed by atoms with van der Waals surface area (Å²) in [6.45, 7) is 7.73. The molecular weight excluding hydrogens is 282 g/mol. The summed E-state index contributed by atoms with van der Waals surface area (Å²) < 4.78 is 0. The van der Waals surface area contributed by atoms with E-state index >= 15 is 0 Å². The van der Waals surface area contributed by atoms with Crippen LogP contribution in [0.3, 0.4) is 0 Å². The van der Waals surface area contributed by atoms with Crippen molar-refractivity contribution >= 4 is 17.3 Å². The number of likely N-dealkylation sites (tertiary alicyclic amines) is 1. The van der Waals surface area contributed by atoms with Gasteiger partial charge in [0.2, 0.25) is 0 Å². The van der Waals surface area contributed by atoms with Crippen LogP contribution < -0.4 is 10.6 Å². The van der Waals surface area contributed by atoms with E-state index in [0.717, 1.165) is 24.5 Å². The van der Waals surface area contributed by atoms with Gasteiger partial charge in [0.05, 0.1) is 0 Å². The molecule has 0 radical (unpaired) electrons. The van der Waals surface area contributed by atoms with Gasteiger partial charge in [-0.05, 0) is 57.0 Å². The van der Waals surface area contributed by atoms with E-state index in [-0.39, 0.29) is 6.04 Å². The molecule has 0 aromatic heterocycles. The van der Waals surface area contributed by atoms with Crippen molar-refractivity contribution in [2.75, 3.05) is 31.6 Å². The fraction of sp³-hybridized carbons (Fsp3) is 0.647. The van der Waals surface area contributed by atoms with Crippen LogP contribution in [0.1, 0.15) is 32.3 Å². The van der Waals surface area contributed by atoms with Crippen molar-refractivity contribution in [3.63, 3.8) is 0 Å². The Morgan fingerprint density at radius 1 is 1.48 bits per heavy atom. The van der Waals surface area contributed by atoms with Crippen LogP contribution >= 0.6 is 11.6 Å². The van der Waals surface area contributed by atoms with Gasteiger partial charge in [0.25, 0.3) is 0 Å². The first-order valence-electron chi connectivity index (χ1n) is 8.00. The molecule has 0 saturated carbocycles. The van der Waals surface area contributed by atoms with Crippen LogP contribution in [0.15, 0.2) is 18.2 Å². The van der Waals surface area contributed by atoms with Crippen LogP contribution in [0.25, 0.3) is 0 Å². The maximum atomic E-state index is 6.20. The maximum absolute atomic E-state index is 6.20. The number of likely N-dealkylation sites (N-methyl/N-ethyl adjacent to an activating group) is 2. The predicted molar refractivity (Wildman–Crippen MR) is 92.3 cm³/mol. The lowest BCUT2D eigenvalue weighted by atomic mass is 10.0. The zero-order valence-electron chi connectivity index (χ0n) is 13.5. The van der Waals surface area contributed by atoms with Gasteiger partial charge in [-0.1, -0.05) is 24.6 Å². The average molecular weight is 310 g/mol. The van der Waals surface area contributed by atoms with Gasteiger partial charge in [0.15, 0.2) is 0 Å². The monoisotopic (exact) mass is 309 g/mol. The van der Waals surface area contributed by atoms with E-state index in [2.05, 4.69) is 35.9 Å². The number of hydrogen-bond acceptors (Lipinski definition) is 3. The van der Waals surface area contributed by atoms with Crippen molar-refractivity contribution in [1.82, 2.24) is 4.90 Å². The molecule has 1 aromatic rings. The fourth-order valence-electron chi connectivity index (χ4n) is 3.34. The molecule has 2 unspecified atom stereocenters. The molecule has 21 heavy (non-hydrogen) atoms. The second kappa shape index (κ2) is 7.48. The van der Waals surface area contributed by atoms with Gasteiger partial charge in [0, 0.05) is 36.4 Å². The quantitative estimate of drug-likeness (QED) is 0.876. The Hall–Kier alpha value is -0.770. The molecule has 0 bridgehead atoms. The van der Waals surface area contributed by atoms with Gasteiger partial charge in [-0.2, -0.15) is 0 Å². The Bertz CT molecular complexity index is 461. The molecule has 118 valence electrons. The summed E-state index contributed by atoms with van der Waals surface area (Å²) in [4.78, 5) is 4.93. The standard InChI is InChI=1S/C17H28ClN3/c1-4-21-9-5-6-16(21)12-20(3)17-11-15(18)8-7-14(17)10-13(2)19/h7-8,11,13,16H,4-6,9-10,12,19H2,1-3H3. The number of halogens is 1. The molecule has 0 spiro atoms. The Morgan fingerprint density at radius 2 is 2.24 bits per heavy atom. The van der Waals surface area contributed by atoms with E-state index < -0.39 is 0 Å². The van der Waals surface area contributed by atoms with E-state index in [4.69, 9.17) is 17.3 Å². The molecule has 1 aliphatic rings. The van der Waals surface area contributed by atoms with E-state index in [1.165, 1.54) is 30.6 Å². The minimum atomic E-state index is 0.164. The summed E-state index contributed by atoms with van der Waals surface area (Å²) in [5.41, 5.74) is 8.49. The van der Waals surface area contributed by atoms with Gasteiger partial charge in [-0.25, -0.2) is 0 Å². The zero-order valence-corrected chi connectivity index (χ0v) is 14.2. The van der Waals surface area contributed by atoms with Crippen LogP contribution in [0.5, 0.6) is 0 Å². The highest BCUT2D eigenvalue weighted by atomic mass is 35.5. The molecule has 4 heteroatoms. The minimum Gasteiger partial charge on any atom is -0.373 e. The second-order valence-corrected chi connectivity index (χ2v) is 6.70.